The summed E-state index contributed by atoms with van der Waals surface area (Å²) in [5, 5.41) is 83.0. The Balaban J connectivity index is 1.39. The van der Waals surface area contributed by atoms with E-state index in [0.717, 1.165) is 64.2 Å². The number of hydrogen-bond acceptors (Lipinski definition) is 12. The fourth-order valence-electron chi connectivity index (χ4n) is 5.36. The predicted molar refractivity (Wildman–Crippen MR) is 148 cm³/mol. The molecule has 246 valence electrons. The van der Waals surface area contributed by atoms with Crippen LogP contribution in [0.1, 0.15) is 89.9 Å². The highest BCUT2D eigenvalue weighted by Crippen LogP contribution is 2.21. The third-order valence-electron chi connectivity index (χ3n) is 8.01. The van der Waals surface area contributed by atoms with Gasteiger partial charge in [0, 0.05) is 12.8 Å². The van der Waals surface area contributed by atoms with E-state index < -0.39 is 74.5 Å². The Bertz CT molecular complexity index is 715. The molecule has 0 aromatic rings. The van der Waals surface area contributed by atoms with Gasteiger partial charge in [-0.3, -0.25) is 9.59 Å². The number of ether oxygens (including phenoxy) is 2. The van der Waals surface area contributed by atoms with Crippen molar-refractivity contribution < 1.29 is 59.9 Å². The molecule has 0 aliphatic carbocycles. The lowest BCUT2D eigenvalue weighted by Gasteiger charge is -2.40. The van der Waals surface area contributed by atoms with Gasteiger partial charge in [0.1, 0.15) is 48.7 Å². The summed E-state index contributed by atoms with van der Waals surface area (Å²) in [5.74, 6) is -0.685. The van der Waals surface area contributed by atoms with Crippen LogP contribution in [0.3, 0.4) is 0 Å². The van der Waals surface area contributed by atoms with E-state index >= 15 is 0 Å². The summed E-state index contributed by atoms with van der Waals surface area (Å²) in [5.41, 5.74) is 0. The molecule has 2 rings (SSSR count). The molecule has 2 aliphatic rings. The Morgan fingerprint density at radius 1 is 0.476 bits per heavy atom. The number of amides is 2. The van der Waals surface area contributed by atoms with Crippen LogP contribution in [0.25, 0.3) is 0 Å². The second kappa shape index (κ2) is 19.7. The molecule has 2 amide bonds. The van der Waals surface area contributed by atoms with E-state index in [9.17, 15) is 40.2 Å². The van der Waals surface area contributed by atoms with Gasteiger partial charge in [-0.15, -0.1) is 0 Å². The van der Waals surface area contributed by atoms with Gasteiger partial charge in [-0.1, -0.05) is 64.2 Å². The van der Waals surface area contributed by atoms with Crippen molar-refractivity contribution in [3.05, 3.63) is 0 Å². The zero-order valence-corrected chi connectivity index (χ0v) is 24.3. The summed E-state index contributed by atoms with van der Waals surface area (Å²) >= 11 is 0. The van der Waals surface area contributed by atoms with Crippen LogP contribution in [0.15, 0.2) is 0 Å². The standard InChI is InChI=1S/C28H52N2O12/c31-15-17-23(35)25(37)21(27(39)41-17)29-19(33)13-11-9-7-5-3-1-2-4-6-8-10-12-14-20(34)30-22-26(38)24(36)18(16-32)42-28(22)40/h17-18,21-28,31-32,35-40H,1-16H2,(H,29,33)(H,30,34)/t17-,18-,21-,22-,23-,24-,25-,26-,27?,28?/m1/s1. The van der Waals surface area contributed by atoms with Gasteiger partial charge in [-0.05, 0) is 12.8 Å². The van der Waals surface area contributed by atoms with Gasteiger partial charge in [0.15, 0.2) is 12.6 Å². The van der Waals surface area contributed by atoms with Crippen molar-refractivity contribution in [1.29, 1.82) is 0 Å². The van der Waals surface area contributed by atoms with Crippen molar-refractivity contribution >= 4 is 11.8 Å². The van der Waals surface area contributed by atoms with E-state index in [1.54, 1.807) is 0 Å². The quantitative estimate of drug-likeness (QED) is 0.0737. The topological polar surface area (TPSA) is 238 Å². The maximum atomic E-state index is 12.2. The van der Waals surface area contributed by atoms with Gasteiger partial charge in [-0.25, -0.2) is 0 Å². The molecule has 14 heteroatoms. The zero-order chi connectivity index (χ0) is 31.1. The number of hydrogen-bond donors (Lipinski definition) is 10. The number of aliphatic hydroxyl groups excluding tert-OH is 8. The third kappa shape index (κ3) is 11.9. The molecule has 0 saturated carbocycles. The number of carbonyl (C=O) groups excluding carboxylic acids is 2. The lowest BCUT2D eigenvalue weighted by Crippen LogP contribution is -2.64. The average molecular weight is 609 g/mol. The first-order valence-electron chi connectivity index (χ1n) is 15.3. The average Bonchev–Trinajstić information content (AvgIpc) is 2.97. The minimum absolute atomic E-state index is 0.240. The second-order valence-corrected chi connectivity index (χ2v) is 11.4. The highest BCUT2D eigenvalue weighted by atomic mass is 16.6. The van der Waals surface area contributed by atoms with Gasteiger partial charge >= 0.3 is 0 Å². The van der Waals surface area contributed by atoms with E-state index in [2.05, 4.69) is 10.6 Å². The third-order valence-corrected chi connectivity index (χ3v) is 8.01. The molecule has 10 atom stereocenters. The largest absolute Gasteiger partial charge is 0.394 e. The van der Waals surface area contributed by atoms with Gasteiger partial charge < -0.3 is 61.0 Å². The molecule has 0 aromatic carbocycles. The first-order chi connectivity index (χ1) is 20.1. The Morgan fingerprint density at radius 2 is 0.762 bits per heavy atom. The monoisotopic (exact) mass is 608 g/mol. The maximum Gasteiger partial charge on any atom is 0.220 e. The molecular formula is C28H52N2O12. The Hall–Kier alpha value is -1.46. The molecule has 2 fully saturated rings. The molecule has 0 spiro atoms. The van der Waals surface area contributed by atoms with Crippen LogP contribution in [0, 0.1) is 0 Å². The molecule has 10 N–H and O–H groups in total. The Labute approximate surface area is 247 Å². The SMILES string of the molecule is O=C(CCCCCCCCCCCCCCC(=O)N[C@H]1C(O)O[C@H](CO)[C@@H](O)[C@@H]1O)N[C@H]1C(O)O[C@H](CO)[C@@H](O)[C@@H]1O. The minimum Gasteiger partial charge on any atom is -0.394 e. The van der Waals surface area contributed by atoms with E-state index in [1.165, 1.54) is 0 Å². The van der Waals surface area contributed by atoms with Crippen LogP contribution in [0.2, 0.25) is 0 Å². The molecule has 2 aliphatic heterocycles. The van der Waals surface area contributed by atoms with E-state index in [0.29, 0.717) is 12.8 Å². The summed E-state index contributed by atoms with van der Waals surface area (Å²) < 4.78 is 10.1. The van der Waals surface area contributed by atoms with E-state index in [4.69, 9.17) is 19.7 Å². The van der Waals surface area contributed by atoms with Crippen molar-refractivity contribution in [2.24, 2.45) is 0 Å². The molecule has 2 unspecified atom stereocenters. The number of aliphatic hydroxyl groups is 8. The minimum atomic E-state index is -1.51. The molecule has 0 aromatic heterocycles. The van der Waals surface area contributed by atoms with Crippen LogP contribution in [-0.4, -0.2) is 127 Å². The first-order valence-corrected chi connectivity index (χ1v) is 15.3. The predicted octanol–water partition coefficient (Wildman–Crippen LogP) is -1.72. The Morgan fingerprint density at radius 3 is 1.05 bits per heavy atom. The van der Waals surface area contributed by atoms with Crippen LogP contribution in [-0.2, 0) is 19.1 Å². The van der Waals surface area contributed by atoms with Crippen LogP contribution < -0.4 is 10.6 Å². The van der Waals surface area contributed by atoms with Crippen molar-refractivity contribution in [2.45, 2.75) is 151 Å². The summed E-state index contributed by atoms with van der Waals surface area (Å²) in [6.07, 6.45) is 1.35. The molecular weight excluding hydrogens is 556 g/mol. The van der Waals surface area contributed by atoms with Crippen molar-refractivity contribution in [2.75, 3.05) is 13.2 Å². The molecule has 0 radical (unpaired) electrons. The summed E-state index contributed by atoms with van der Waals surface area (Å²) in [6, 6.07) is -2.31. The molecule has 2 saturated heterocycles. The van der Waals surface area contributed by atoms with E-state index in [1.807, 2.05) is 0 Å². The van der Waals surface area contributed by atoms with Gasteiger partial charge in [0.2, 0.25) is 11.8 Å². The number of unbranched alkanes of at least 4 members (excludes halogenated alkanes) is 11. The maximum absolute atomic E-state index is 12.2. The van der Waals surface area contributed by atoms with Crippen molar-refractivity contribution in [3.8, 4) is 0 Å². The molecule has 2 heterocycles. The van der Waals surface area contributed by atoms with Crippen LogP contribution in [0.5, 0.6) is 0 Å². The molecule has 14 nitrogen and oxygen atoms in total. The van der Waals surface area contributed by atoms with Gasteiger partial charge in [-0.2, -0.15) is 0 Å². The van der Waals surface area contributed by atoms with Gasteiger partial charge in [0.25, 0.3) is 0 Å². The number of rotatable bonds is 19. The fourth-order valence-corrected chi connectivity index (χ4v) is 5.36. The first kappa shape index (κ1) is 36.7. The highest BCUT2D eigenvalue weighted by Gasteiger charge is 2.45. The summed E-state index contributed by atoms with van der Waals surface area (Å²) in [6.45, 7) is -1.11. The zero-order valence-electron chi connectivity index (χ0n) is 24.3. The van der Waals surface area contributed by atoms with Crippen molar-refractivity contribution in [1.82, 2.24) is 10.6 Å². The van der Waals surface area contributed by atoms with E-state index in [-0.39, 0.29) is 24.7 Å². The summed E-state index contributed by atoms with van der Waals surface area (Å²) in [7, 11) is 0. The normalized spacial score (nSPS) is 33.3. The fraction of sp³-hybridized carbons (Fsp3) is 0.929. The highest BCUT2D eigenvalue weighted by molar-refractivity contribution is 5.76. The smallest absolute Gasteiger partial charge is 0.220 e. The lowest BCUT2D eigenvalue weighted by molar-refractivity contribution is -0.253. The van der Waals surface area contributed by atoms with Gasteiger partial charge in [0.05, 0.1) is 13.2 Å². The van der Waals surface area contributed by atoms with Crippen LogP contribution in [0.4, 0.5) is 0 Å². The molecule has 0 bridgehead atoms. The van der Waals surface area contributed by atoms with Crippen molar-refractivity contribution in [3.63, 3.8) is 0 Å². The number of carbonyl (C=O) groups is 2. The second-order valence-electron chi connectivity index (χ2n) is 11.4. The molecule has 42 heavy (non-hydrogen) atoms. The Kier molecular flexibility index (Phi) is 17.3. The van der Waals surface area contributed by atoms with Crippen LogP contribution >= 0.6 is 0 Å². The summed E-state index contributed by atoms with van der Waals surface area (Å²) in [4.78, 5) is 24.3. The number of nitrogens with one attached hydrogen (secondary N) is 2. The lowest BCUT2D eigenvalue weighted by atomic mass is 9.97.